The number of carbonyl (C=O) groups is 2. The van der Waals surface area contributed by atoms with Gasteiger partial charge >= 0.3 is 5.97 Å². The van der Waals surface area contributed by atoms with Gasteiger partial charge in [-0.3, -0.25) is 9.69 Å². The molecule has 24 heavy (non-hydrogen) atoms. The lowest BCUT2D eigenvalue weighted by atomic mass is 9.97. The van der Waals surface area contributed by atoms with Crippen molar-refractivity contribution in [3.05, 3.63) is 0 Å². The summed E-state index contributed by atoms with van der Waals surface area (Å²) in [5, 5.41) is -0.468. The van der Waals surface area contributed by atoms with Crippen LogP contribution in [0.4, 0.5) is 0 Å². The molecule has 0 aromatic rings. The standard InChI is InChI=1S/C15H27N3O5S/c1-10(2)13(15(20)23-5)17(4)14(19)11-8-18(9-11)24(21,22)12-6-7-16(12)3/h10-13H,6-9H2,1-5H3/t12-,13-/m0/s1. The lowest BCUT2D eigenvalue weighted by Gasteiger charge is -2.46. The third-order valence-corrected chi connectivity index (χ3v) is 7.26. The molecule has 8 nitrogen and oxygen atoms in total. The first-order chi connectivity index (χ1) is 11.1. The first-order valence-corrected chi connectivity index (χ1v) is 9.65. The molecule has 2 fully saturated rings. The predicted molar refractivity (Wildman–Crippen MR) is 88.4 cm³/mol. The van der Waals surface area contributed by atoms with Crippen molar-refractivity contribution < 1.29 is 22.7 Å². The summed E-state index contributed by atoms with van der Waals surface area (Å²) in [7, 11) is 1.28. The van der Waals surface area contributed by atoms with Crippen LogP contribution in [0.1, 0.15) is 20.3 Å². The first-order valence-electron chi connectivity index (χ1n) is 8.15. The molecule has 0 radical (unpaired) electrons. The van der Waals surface area contributed by atoms with E-state index in [-0.39, 0.29) is 24.9 Å². The molecule has 9 heteroatoms. The maximum absolute atomic E-state index is 12.6. The van der Waals surface area contributed by atoms with Gasteiger partial charge in [0.05, 0.1) is 13.0 Å². The molecule has 0 aromatic carbocycles. The maximum Gasteiger partial charge on any atom is 0.328 e. The maximum atomic E-state index is 12.6. The van der Waals surface area contributed by atoms with Crippen LogP contribution in [0.2, 0.25) is 0 Å². The number of sulfonamides is 1. The molecule has 0 spiro atoms. The number of rotatable bonds is 6. The molecule has 0 bridgehead atoms. The van der Waals surface area contributed by atoms with Crippen molar-refractivity contribution in [1.29, 1.82) is 0 Å². The van der Waals surface area contributed by atoms with Gasteiger partial charge in [0, 0.05) is 26.7 Å². The Kier molecular flexibility index (Phi) is 5.56. The predicted octanol–water partition coefficient (Wildman–Crippen LogP) is -0.434. The molecule has 0 aliphatic carbocycles. The summed E-state index contributed by atoms with van der Waals surface area (Å²) in [6.45, 7) is 4.83. The fourth-order valence-electron chi connectivity index (χ4n) is 3.27. The second-order valence-electron chi connectivity index (χ2n) is 6.94. The Morgan fingerprint density at radius 1 is 1.25 bits per heavy atom. The molecule has 138 valence electrons. The van der Waals surface area contributed by atoms with Crippen molar-refractivity contribution in [3.8, 4) is 0 Å². The number of methoxy groups -OCH3 is 1. The van der Waals surface area contributed by atoms with Crippen LogP contribution < -0.4 is 0 Å². The number of nitrogens with zero attached hydrogens (tertiary/aromatic N) is 3. The number of esters is 1. The van der Waals surface area contributed by atoms with Gasteiger partial charge in [-0.1, -0.05) is 13.8 Å². The van der Waals surface area contributed by atoms with Crippen LogP contribution in [0.15, 0.2) is 0 Å². The normalized spacial score (nSPS) is 24.2. The fourth-order valence-corrected chi connectivity index (χ4v) is 5.35. The lowest BCUT2D eigenvalue weighted by Crippen LogP contribution is -2.63. The van der Waals surface area contributed by atoms with Gasteiger partial charge in [-0.25, -0.2) is 13.2 Å². The van der Waals surface area contributed by atoms with E-state index in [1.807, 2.05) is 13.8 Å². The minimum atomic E-state index is -3.37. The summed E-state index contributed by atoms with van der Waals surface area (Å²) in [4.78, 5) is 27.6. The Labute approximate surface area is 143 Å². The van der Waals surface area contributed by atoms with Crippen LogP contribution in [0.25, 0.3) is 0 Å². The Hall–Kier alpha value is -1.19. The molecule has 2 saturated heterocycles. The van der Waals surface area contributed by atoms with Crippen LogP contribution in [0, 0.1) is 11.8 Å². The Bertz CT molecular complexity index is 600. The van der Waals surface area contributed by atoms with Crippen molar-refractivity contribution in [2.45, 2.75) is 31.7 Å². The molecule has 2 heterocycles. The van der Waals surface area contributed by atoms with E-state index in [2.05, 4.69) is 0 Å². The SMILES string of the molecule is COC(=O)[C@H](C(C)C)N(C)C(=O)C1CN(S(=O)(=O)[C@H]2CCN2C)C1. The van der Waals surface area contributed by atoms with Crippen LogP contribution >= 0.6 is 0 Å². The van der Waals surface area contributed by atoms with E-state index in [4.69, 9.17) is 4.74 Å². The summed E-state index contributed by atoms with van der Waals surface area (Å²) in [5.74, 6) is -1.16. The fraction of sp³-hybridized carbons (Fsp3) is 0.867. The van der Waals surface area contributed by atoms with Gasteiger partial charge in [-0.15, -0.1) is 0 Å². The molecule has 2 atom stereocenters. The summed E-state index contributed by atoms with van der Waals surface area (Å²) in [6, 6.07) is -0.661. The van der Waals surface area contributed by atoms with Gasteiger partial charge in [0.2, 0.25) is 15.9 Å². The highest BCUT2D eigenvalue weighted by Crippen LogP contribution is 2.30. The van der Waals surface area contributed by atoms with E-state index in [9.17, 15) is 18.0 Å². The number of hydrogen-bond acceptors (Lipinski definition) is 6. The third-order valence-electron chi connectivity index (χ3n) is 4.96. The second-order valence-corrected chi connectivity index (χ2v) is 9.03. The van der Waals surface area contributed by atoms with Crippen LogP contribution in [0.5, 0.6) is 0 Å². The average Bonchev–Trinajstić information content (AvgIpc) is 2.42. The second kappa shape index (κ2) is 6.97. The summed E-state index contributed by atoms with van der Waals surface area (Å²) < 4.78 is 31.0. The number of likely N-dealkylation sites (N-methyl/N-ethyl adjacent to an activating group) is 1. The number of likely N-dealkylation sites (tertiary alicyclic amines) is 1. The van der Waals surface area contributed by atoms with Gasteiger partial charge < -0.3 is 9.64 Å². The molecule has 1 amide bonds. The molecule has 2 aliphatic rings. The van der Waals surface area contributed by atoms with Crippen molar-refractivity contribution in [2.24, 2.45) is 11.8 Å². The number of amides is 1. The molecule has 2 rings (SSSR count). The highest BCUT2D eigenvalue weighted by Gasteiger charge is 2.48. The van der Waals surface area contributed by atoms with E-state index in [0.717, 1.165) is 6.54 Å². The van der Waals surface area contributed by atoms with Crippen molar-refractivity contribution in [2.75, 3.05) is 40.8 Å². The zero-order chi connectivity index (χ0) is 18.2. The lowest BCUT2D eigenvalue weighted by molar-refractivity contribution is -0.156. The van der Waals surface area contributed by atoms with Crippen LogP contribution in [-0.4, -0.2) is 86.7 Å². The van der Waals surface area contributed by atoms with Gasteiger partial charge in [-0.2, -0.15) is 4.31 Å². The van der Waals surface area contributed by atoms with Crippen molar-refractivity contribution in [3.63, 3.8) is 0 Å². The van der Waals surface area contributed by atoms with Gasteiger partial charge in [0.15, 0.2) is 0 Å². The molecular formula is C15H27N3O5S. The number of hydrogen-bond donors (Lipinski definition) is 0. The van der Waals surface area contributed by atoms with Crippen LogP contribution in [0.3, 0.4) is 0 Å². The monoisotopic (exact) mass is 361 g/mol. The van der Waals surface area contributed by atoms with Gasteiger partial charge in [-0.05, 0) is 19.4 Å². The minimum absolute atomic E-state index is 0.0880. The zero-order valence-corrected chi connectivity index (χ0v) is 15.7. The van der Waals surface area contributed by atoms with Crippen molar-refractivity contribution >= 4 is 21.9 Å². The Morgan fingerprint density at radius 2 is 1.83 bits per heavy atom. The Morgan fingerprint density at radius 3 is 2.21 bits per heavy atom. The third kappa shape index (κ3) is 3.29. The van der Waals surface area contributed by atoms with Crippen molar-refractivity contribution in [1.82, 2.24) is 14.1 Å². The van der Waals surface area contributed by atoms with E-state index < -0.39 is 33.3 Å². The minimum Gasteiger partial charge on any atom is -0.467 e. The molecule has 2 aliphatic heterocycles. The van der Waals surface area contributed by atoms with E-state index in [1.165, 1.54) is 16.3 Å². The molecular weight excluding hydrogens is 334 g/mol. The zero-order valence-electron chi connectivity index (χ0n) is 14.9. The van der Waals surface area contributed by atoms with E-state index in [0.29, 0.717) is 6.42 Å². The topological polar surface area (TPSA) is 87.2 Å². The van der Waals surface area contributed by atoms with Gasteiger partial charge in [0.1, 0.15) is 11.4 Å². The highest BCUT2D eigenvalue weighted by molar-refractivity contribution is 7.89. The first kappa shape index (κ1) is 19.1. The molecule has 0 N–H and O–H groups in total. The molecule has 0 aromatic heterocycles. The average molecular weight is 361 g/mol. The Balaban J connectivity index is 1.97. The summed E-state index contributed by atoms with van der Waals surface area (Å²) in [5.41, 5.74) is 0. The molecule has 0 saturated carbocycles. The quantitative estimate of drug-likeness (QED) is 0.597. The largest absolute Gasteiger partial charge is 0.467 e. The van der Waals surface area contributed by atoms with Gasteiger partial charge in [0.25, 0.3) is 0 Å². The van der Waals surface area contributed by atoms with Crippen LogP contribution in [-0.2, 0) is 24.3 Å². The summed E-state index contributed by atoms with van der Waals surface area (Å²) >= 11 is 0. The van der Waals surface area contributed by atoms with E-state index in [1.54, 1.807) is 19.0 Å². The summed E-state index contributed by atoms with van der Waals surface area (Å²) in [6.07, 6.45) is 0.631. The molecule has 0 unspecified atom stereocenters. The number of carbonyl (C=O) groups excluding carboxylic acids is 2. The smallest absolute Gasteiger partial charge is 0.328 e. The number of ether oxygens (including phenoxy) is 1. The highest BCUT2D eigenvalue weighted by atomic mass is 32.2. The van der Waals surface area contributed by atoms with E-state index >= 15 is 0 Å².